The van der Waals surface area contributed by atoms with E-state index in [0.29, 0.717) is 0 Å². The molecule has 1 N–H and O–H groups in total. The Kier molecular flexibility index (Phi) is 7.16. The molecular formula is C21H36N2O3. The zero-order valence-electron chi connectivity index (χ0n) is 17.2. The van der Waals surface area contributed by atoms with Crippen LogP contribution in [0.2, 0.25) is 0 Å². The molecule has 2 aliphatic rings. The van der Waals surface area contributed by atoms with Crippen molar-refractivity contribution in [1.82, 2.24) is 10.2 Å². The van der Waals surface area contributed by atoms with Gasteiger partial charge in [-0.3, -0.25) is 4.79 Å². The van der Waals surface area contributed by atoms with E-state index in [0.717, 1.165) is 69.7 Å². The van der Waals surface area contributed by atoms with Crippen molar-refractivity contribution < 1.29 is 14.3 Å². The number of amides is 1. The first-order chi connectivity index (χ1) is 12.5. The molecule has 1 fully saturated rings. The summed E-state index contributed by atoms with van der Waals surface area (Å²) in [4.78, 5) is 15.2. The maximum Gasteiger partial charge on any atom is 0.236 e. The Bertz CT molecular complexity index is 523. The van der Waals surface area contributed by atoms with Crippen LogP contribution in [-0.4, -0.2) is 51.7 Å². The maximum absolute atomic E-state index is 13.2. The van der Waals surface area contributed by atoms with Gasteiger partial charge in [-0.25, -0.2) is 0 Å². The number of hydrogen-bond acceptors (Lipinski definition) is 4. The molecule has 0 aromatic carbocycles. The van der Waals surface area contributed by atoms with Gasteiger partial charge in [-0.1, -0.05) is 26.7 Å². The van der Waals surface area contributed by atoms with Crippen molar-refractivity contribution in [3.8, 4) is 0 Å². The molecule has 5 heteroatoms. The molecular weight excluding hydrogens is 328 g/mol. The summed E-state index contributed by atoms with van der Waals surface area (Å²) in [6.45, 7) is 6.88. The fourth-order valence-electron chi connectivity index (χ4n) is 4.64. The molecule has 5 nitrogen and oxygen atoms in total. The highest BCUT2D eigenvalue weighted by Crippen LogP contribution is 2.53. The Balaban J connectivity index is 2.37. The average molecular weight is 365 g/mol. The van der Waals surface area contributed by atoms with Crippen LogP contribution in [-0.2, 0) is 14.3 Å². The summed E-state index contributed by atoms with van der Waals surface area (Å²) in [5, 5.41) is 3.15. The van der Waals surface area contributed by atoms with Gasteiger partial charge in [0.05, 0.1) is 25.0 Å². The van der Waals surface area contributed by atoms with Crippen LogP contribution in [0.4, 0.5) is 0 Å². The van der Waals surface area contributed by atoms with E-state index < -0.39 is 5.41 Å². The van der Waals surface area contributed by atoms with Gasteiger partial charge < -0.3 is 19.7 Å². The van der Waals surface area contributed by atoms with E-state index in [1.165, 1.54) is 0 Å². The lowest BCUT2D eigenvalue weighted by molar-refractivity contribution is -0.132. The molecule has 1 heterocycles. The van der Waals surface area contributed by atoms with Crippen molar-refractivity contribution in [2.75, 3.05) is 40.9 Å². The number of ether oxygens (including phenoxy) is 2. The zero-order valence-corrected chi connectivity index (χ0v) is 17.2. The van der Waals surface area contributed by atoms with Gasteiger partial charge in [0.25, 0.3) is 0 Å². The van der Waals surface area contributed by atoms with E-state index in [-0.39, 0.29) is 11.3 Å². The Hall–Kier alpha value is -1.49. The highest BCUT2D eigenvalue weighted by atomic mass is 16.5. The number of nitrogens with one attached hydrogen (secondary N) is 1. The molecule has 1 aliphatic heterocycles. The smallest absolute Gasteiger partial charge is 0.236 e. The van der Waals surface area contributed by atoms with Crippen molar-refractivity contribution in [1.29, 1.82) is 0 Å². The summed E-state index contributed by atoms with van der Waals surface area (Å²) in [5.41, 5.74) is -0.848. The predicted octanol–water partition coefficient (Wildman–Crippen LogP) is 3.48. The lowest BCUT2D eigenvalue weighted by Gasteiger charge is -2.41. The van der Waals surface area contributed by atoms with Gasteiger partial charge in [-0.15, -0.1) is 0 Å². The van der Waals surface area contributed by atoms with Crippen molar-refractivity contribution in [2.24, 2.45) is 10.8 Å². The third-order valence-electron chi connectivity index (χ3n) is 5.85. The van der Waals surface area contributed by atoms with E-state index in [9.17, 15) is 4.79 Å². The molecule has 1 spiro atoms. The number of methoxy groups -OCH3 is 2. The highest BCUT2D eigenvalue weighted by molar-refractivity contribution is 5.89. The number of carbonyl (C=O) groups is 1. The highest BCUT2D eigenvalue weighted by Gasteiger charge is 2.52. The third-order valence-corrected chi connectivity index (χ3v) is 5.85. The summed E-state index contributed by atoms with van der Waals surface area (Å²) < 4.78 is 11.7. The number of nitrogens with zero attached hydrogens (tertiary/aromatic N) is 1. The summed E-state index contributed by atoms with van der Waals surface area (Å²) in [6, 6.07) is 0. The molecule has 1 saturated heterocycles. The fourth-order valence-corrected chi connectivity index (χ4v) is 4.64. The van der Waals surface area contributed by atoms with E-state index >= 15 is 0 Å². The first-order valence-corrected chi connectivity index (χ1v) is 10.0. The maximum atomic E-state index is 13.2. The van der Waals surface area contributed by atoms with E-state index in [4.69, 9.17) is 9.47 Å². The SMILES string of the molecule is CCCC1(CCC)C(OC)=CC2(C=C1OC)CCN(CCCNC)C2=O. The molecule has 2 rings (SSSR count). The van der Waals surface area contributed by atoms with Crippen LogP contribution in [0.3, 0.4) is 0 Å². The molecule has 148 valence electrons. The molecule has 0 unspecified atom stereocenters. The van der Waals surface area contributed by atoms with Gasteiger partial charge in [0.2, 0.25) is 5.91 Å². The van der Waals surface area contributed by atoms with Crippen LogP contribution in [0.25, 0.3) is 0 Å². The van der Waals surface area contributed by atoms with Crippen molar-refractivity contribution in [2.45, 2.75) is 52.4 Å². The third kappa shape index (κ3) is 3.64. The van der Waals surface area contributed by atoms with Crippen LogP contribution < -0.4 is 5.32 Å². The summed E-state index contributed by atoms with van der Waals surface area (Å²) in [6.07, 6.45) is 9.97. The second-order valence-electron chi connectivity index (χ2n) is 7.55. The predicted molar refractivity (Wildman–Crippen MR) is 105 cm³/mol. The Morgan fingerprint density at radius 1 is 1.12 bits per heavy atom. The van der Waals surface area contributed by atoms with Gasteiger partial charge in [0.15, 0.2) is 0 Å². The fraction of sp³-hybridized carbons (Fsp3) is 0.762. The number of carbonyl (C=O) groups excluding carboxylic acids is 1. The average Bonchev–Trinajstić information content (AvgIpc) is 2.93. The number of hydrogen-bond donors (Lipinski definition) is 1. The van der Waals surface area contributed by atoms with Crippen molar-refractivity contribution in [3.63, 3.8) is 0 Å². The second kappa shape index (κ2) is 8.94. The molecule has 0 saturated carbocycles. The molecule has 0 atom stereocenters. The zero-order chi connectivity index (χ0) is 19.2. The minimum atomic E-state index is -0.610. The first kappa shape index (κ1) is 20.8. The van der Waals surface area contributed by atoms with Gasteiger partial charge in [0.1, 0.15) is 11.5 Å². The Labute approximate surface area is 158 Å². The standard InChI is InChI=1S/C21H36N2O3/c1-6-9-21(10-7-2)17(25-4)15-20(16-18(21)26-5)11-14-23(19(20)24)13-8-12-22-3/h15-16,22H,6-14H2,1-5H3. The molecule has 0 radical (unpaired) electrons. The molecule has 0 aromatic heterocycles. The summed E-state index contributed by atoms with van der Waals surface area (Å²) in [7, 11) is 5.39. The normalized spacial score (nSPS) is 21.0. The van der Waals surface area contributed by atoms with E-state index in [1.807, 2.05) is 11.9 Å². The summed E-state index contributed by atoms with van der Waals surface area (Å²) >= 11 is 0. The lowest BCUT2D eigenvalue weighted by Crippen LogP contribution is -2.40. The van der Waals surface area contributed by atoms with E-state index in [2.05, 4.69) is 31.3 Å². The van der Waals surface area contributed by atoms with Crippen LogP contribution in [0, 0.1) is 10.8 Å². The monoisotopic (exact) mass is 364 g/mol. The van der Waals surface area contributed by atoms with E-state index in [1.54, 1.807) is 14.2 Å². The van der Waals surface area contributed by atoms with Crippen molar-refractivity contribution >= 4 is 5.91 Å². The topological polar surface area (TPSA) is 50.8 Å². The minimum absolute atomic E-state index is 0.180. The van der Waals surface area contributed by atoms with Gasteiger partial charge in [0, 0.05) is 13.1 Å². The molecule has 1 aliphatic carbocycles. The van der Waals surface area contributed by atoms with Crippen LogP contribution >= 0.6 is 0 Å². The Morgan fingerprint density at radius 2 is 1.69 bits per heavy atom. The first-order valence-electron chi connectivity index (χ1n) is 10.0. The number of likely N-dealkylation sites (tertiary alicyclic amines) is 1. The minimum Gasteiger partial charge on any atom is -0.500 e. The van der Waals surface area contributed by atoms with Crippen LogP contribution in [0.1, 0.15) is 52.4 Å². The lowest BCUT2D eigenvalue weighted by atomic mass is 9.67. The number of rotatable bonds is 10. The van der Waals surface area contributed by atoms with Crippen LogP contribution in [0.5, 0.6) is 0 Å². The van der Waals surface area contributed by atoms with Crippen molar-refractivity contribution in [3.05, 3.63) is 23.7 Å². The second-order valence-corrected chi connectivity index (χ2v) is 7.55. The molecule has 1 amide bonds. The molecule has 0 aromatic rings. The van der Waals surface area contributed by atoms with Gasteiger partial charge in [-0.2, -0.15) is 0 Å². The Morgan fingerprint density at radius 3 is 2.15 bits per heavy atom. The quantitative estimate of drug-likeness (QED) is 0.603. The molecule has 26 heavy (non-hydrogen) atoms. The summed E-state index contributed by atoms with van der Waals surface area (Å²) in [5.74, 6) is 2.00. The van der Waals surface area contributed by atoms with Gasteiger partial charge in [-0.05, 0) is 51.4 Å². The van der Waals surface area contributed by atoms with Crippen LogP contribution in [0.15, 0.2) is 23.7 Å². The molecule has 0 bridgehead atoms. The van der Waals surface area contributed by atoms with Gasteiger partial charge >= 0.3 is 0 Å². The largest absolute Gasteiger partial charge is 0.500 e.